The molecule has 0 fully saturated rings. The maximum absolute atomic E-state index is 13.6. The number of fused-ring (bicyclic) bond motifs is 1. The second-order valence-corrected chi connectivity index (χ2v) is 6.66. The van der Waals surface area contributed by atoms with Crippen molar-refractivity contribution in [3.8, 4) is 0 Å². The van der Waals surface area contributed by atoms with Gasteiger partial charge in [-0.25, -0.2) is 4.39 Å². The van der Waals surface area contributed by atoms with E-state index in [4.69, 9.17) is 0 Å². The molecule has 8 heteroatoms. The van der Waals surface area contributed by atoms with Crippen LogP contribution in [0.15, 0.2) is 18.2 Å². The fourth-order valence-electron chi connectivity index (χ4n) is 3.26. The second-order valence-electron chi connectivity index (χ2n) is 6.66. The van der Waals surface area contributed by atoms with Crippen LogP contribution in [-0.4, -0.2) is 41.2 Å². The predicted octanol–water partition coefficient (Wildman–Crippen LogP) is 1.92. The molecule has 1 aliphatic heterocycles. The van der Waals surface area contributed by atoms with Gasteiger partial charge in [-0.1, -0.05) is 6.92 Å². The Hall–Kier alpha value is -2.97. The third-order valence-electron chi connectivity index (χ3n) is 4.64. The summed E-state index contributed by atoms with van der Waals surface area (Å²) in [6.07, 6.45) is 0.591. The summed E-state index contributed by atoms with van der Waals surface area (Å²) in [6.45, 7) is 6.31. The van der Waals surface area contributed by atoms with Crippen LogP contribution in [-0.2, 0) is 4.79 Å². The molecule has 0 radical (unpaired) electrons. The normalized spacial score (nSPS) is 15.5. The zero-order valence-electron chi connectivity index (χ0n) is 15.9. The van der Waals surface area contributed by atoms with Crippen LogP contribution in [0.25, 0.3) is 11.6 Å². The highest BCUT2D eigenvalue weighted by atomic mass is 19.1. The summed E-state index contributed by atoms with van der Waals surface area (Å²) in [7, 11) is 0. The SMILES string of the molecule is CCNCC(O)NC(=O)c1c(C)[nH]c(/C=C2\C(=O)Nc3ccc(F)cc32)c1C. The fraction of sp³-hybridized carbons (Fsp3) is 0.300. The number of aliphatic hydroxyl groups is 1. The van der Waals surface area contributed by atoms with E-state index in [1.165, 1.54) is 18.2 Å². The van der Waals surface area contributed by atoms with Gasteiger partial charge >= 0.3 is 0 Å². The van der Waals surface area contributed by atoms with Gasteiger partial charge < -0.3 is 26.0 Å². The van der Waals surface area contributed by atoms with Gasteiger partial charge in [-0.05, 0) is 50.2 Å². The molecule has 2 aromatic rings. The first-order chi connectivity index (χ1) is 13.3. The average Bonchev–Trinajstić information content (AvgIpc) is 3.09. The number of anilines is 1. The molecule has 148 valence electrons. The first kappa shape index (κ1) is 19.8. The third kappa shape index (κ3) is 3.83. The first-order valence-electron chi connectivity index (χ1n) is 9.03. The van der Waals surface area contributed by atoms with Crippen LogP contribution in [0.5, 0.6) is 0 Å². The number of aromatic amines is 1. The molecule has 2 heterocycles. The molecule has 1 atom stereocenters. The number of halogens is 1. The van der Waals surface area contributed by atoms with Gasteiger partial charge in [0, 0.05) is 29.2 Å². The number of likely N-dealkylation sites (N-methyl/N-ethyl adjacent to an activating group) is 1. The first-order valence-corrected chi connectivity index (χ1v) is 9.03. The van der Waals surface area contributed by atoms with Gasteiger partial charge in [-0.3, -0.25) is 9.59 Å². The lowest BCUT2D eigenvalue weighted by Gasteiger charge is -2.13. The van der Waals surface area contributed by atoms with Gasteiger partial charge in [0.2, 0.25) is 0 Å². The molecule has 0 bridgehead atoms. The summed E-state index contributed by atoms with van der Waals surface area (Å²) < 4.78 is 13.6. The highest BCUT2D eigenvalue weighted by Crippen LogP contribution is 2.34. The van der Waals surface area contributed by atoms with E-state index in [9.17, 15) is 19.1 Å². The highest BCUT2D eigenvalue weighted by molar-refractivity contribution is 6.34. The number of amides is 2. The summed E-state index contributed by atoms with van der Waals surface area (Å²) >= 11 is 0. The van der Waals surface area contributed by atoms with Crippen molar-refractivity contribution < 1.29 is 19.1 Å². The summed E-state index contributed by atoms with van der Waals surface area (Å²) in [5, 5.41) is 18.1. The van der Waals surface area contributed by atoms with Crippen molar-refractivity contribution in [3.05, 3.63) is 52.1 Å². The Morgan fingerprint density at radius 1 is 1.36 bits per heavy atom. The zero-order chi connectivity index (χ0) is 20.4. The number of nitrogens with one attached hydrogen (secondary N) is 4. The molecular weight excluding hydrogens is 363 g/mol. The molecule has 1 unspecified atom stereocenters. The fourth-order valence-corrected chi connectivity index (χ4v) is 3.26. The van der Waals surface area contributed by atoms with Crippen molar-refractivity contribution in [1.29, 1.82) is 0 Å². The summed E-state index contributed by atoms with van der Waals surface area (Å²) in [6, 6.07) is 4.10. The van der Waals surface area contributed by atoms with Crippen LogP contribution in [0, 0.1) is 19.7 Å². The number of aromatic nitrogens is 1. The molecule has 0 saturated carbocycles. The van der Waals surface area contributed by atoms with Crippen molar-refractivity contribution in [1.82, 2.24) is 15.6 Å². The van der Waals surface area contributed by atoms with Crippen molar-refractivity contribution >= 4 is 29.2 Å². The number of H-pyrrole nitrogens is 1. The van der Waals surface area contributed by atoms with E-state index >= 15 is 0 Å². The Kier molecular flexibility index (Phi) is 5.62. The topological polar surface area (TPSA) is 106 Å². The summed E-state index contributed by atoms with van der Waals surface area (Å²) in [5.74, 6) is -1.18. The molecular formula is C20H23FN4O3. The average molecular weight is 386 g/mol. The Balaban J connectivity index is 1.91. The molecule has 0 saturated heterocycles. The molecule has 1 aliphatic rings. The van der Waals surface area contributed by atoms with Gasteiger partial charge in [-0.15, -0.1) is 0 Å². The van der Waals surface area contributed by atoms with Gasteiger partial charge in [0.15, 0.2) is 0 Å². The molecule has 5 N–H and O–H groups in total. The lowest BCUT2D eigenvalue weighted by atomic mass is 10.0. The van der Waals surface area contributed by atoms with E-state index < -0.39 is 18.0 Å². The van der Waals surface area contributed by atoms with Gasteiger partial charge in [0.05, 0.1) is 11.1 Å². The van der Waals surface area contributed by atoms with Crippen molar-refractivity contribution in [2.24, 2.45) is 0 Å². The van der Waals surface area contributed by atoms with E-state index in [2.05, 4.69) is 20.9 Å². The van der Waals surface area contributed by atoms with E-state index in [-0.39, 0.29) is 12.5 Å². The van der Waals surface area contributed by atoms with E-state index in [0.717, 1.165) is 0 Å². The molecule has 28 heavy (non-hydrogen) atoms. The summed E-state index contributed by atoms with van der Waals surface area (Å²) in [5.41, 5.74) is 3.56. The second kappa shape index (κ2) is 7.95. The lowest BCUT2D eigenvalue weighted by molar-refractivity contribution is -0.110. The Morgan fingerprint density at radius 3 is 2.82 bits per heavy atom. The van der Waals surface area contributed by atoms with Crippen LogP contribution < -0.4 is 16.0 Å². The Labute approximate surface area is 162 Å². The zero-order valence-corrected chi connectivity index (χ0v) is 15.9. The number of hydrogen-bond acceptors (Lipinski definition) is 4. The van der Waals surface area contributed by atoms with Gasteiger partial charge in [0.25, 0.3) is 11.8 Å². The number of carbonyl (C=O) groups is 2. The largest absolute Gasteiger partial charge is 0.372 e. The molecule has 0 aliphatic carbocycles. The molecule has 1 aromatic heterocycles. The monoisotopic (exact) mass is 386 g/mol. The quantitative estimate of drug-likeness (QED) is 0.386. The molecule has 3 rings (SSSR count). The van der Waals surface area contributed by atoms with Crippen molar-refractivity contribution in [3.63, 3.8) is 0 Å². The maximum Gasteiger partial charge on any atom is 0.256 e. The summed E-state index contributed by atoms with van der Waals surface area (Å²) in [4.78, 5) is 27.9. The van der Waals surface area contributed by atoms with Crippen LogP contribution >= 0.6 is 0 Å². The number of aliphatic hydroxyl groups excluding tert-OH is 1. The Bertz CT molecular complexity index is 965. The van der Waals surface area contributed by atoms with E-state index in [0.29, 0.717) is 45.9 Å². The highest BCUT2D eigenvalue weighted by Gasteiger charge is 2.26. The molecule has 2 amide bonds. The van der Waals surface area contributed by atoms with Gasteiger partial charge in [-0.2, -0.15) is 0 Å². The minimum atomic E-state index is -1.02. The minimum Gasteiger partial charge on any atom is -0.372 e. The number of carbonyl (C=O) groups excluding carboxylic acids is 2. The van der Waals surface area contributed by atoms with Crippen molar-refractivity contribution in [2.75, 3.05) is 18.4 Å². The smallest absolute Gasteiger partial charge is 0.256 e. The van der Waals surface area contributed by atoms with Crippen LogP contribution in [0.3, 0.4) is 0 Å². The van der Waals surface area contributed by atoms with Gasteiger partial charge in [0.1, 0.15) is 12.0 Å². The van der Waals surface area contributed by atoms with E-state index in [1.54, 1.807) is 19.9 Å². The predicted molar refractivity (Wildman–Crippen MR) is 105 cm³/mol. The standard InChI is InChI=1S/C20H23FN4O3/c1-4-22-9-17(26)25-20(28)18-10(2)16(23-11(18)3)8-14-13-7-12(21)5-6-15(13)24-19(14)27/h5-8,17,22-23,26H,4,9H2,1-3H3,(H,24,27)(H,25,28)/b14-8-. The van der Waals surface area contributed by atoms with Crippen LogP contribution in [0.1, 0.15) is 39.8 Å². The van der Waals surface area contributed by atoms with E-state index in [1.807, 2.05) is 6.92 Å². The Morgan fingerprint density at radius 2 is 2.11 bits per heavy atom. The maximum atomic E-state index is 13.6. The number of rotatable bonds is 6. The molecule has 0 spiro atoms. The number of hydrogen-bond donors (Lipinski definition) is 5. The van der Waals surface area contributed by atoms with Crippen LogP contribution in [0.2, 0.25) is 0 Å². The lowest BCUT2D eigenvalue weighted by Crippen LogP contribution is -2.42. The number of benzene rings is 1. The van der Waals surface area contributed by atoms with Crippen LogP contribution in [0.4, 0.5) is 10.1 Å². The third-order valence-corrected chi connectivity index (χ3v) is 4.64. The minimum absolute atomic E-state index is 0.240. The number of aryl methyl sites for hydroxylation is 1. The molecule has 1 aromatic carbocycles. The van der Waals surface area contributed by atoms with Crippen molar-refractivity contribution in [2.45, 2.75) is 27.0 Å². The molecule has 7 nitrogen and oxygen atoms in total.